The topological polar surface area (TPSA) is 71.4 Å². The van der Waals surface area contributed by atoms with Crippen LogP contribution >= 0.6 is 0 Å². The predicted molar refractivity (Wildman–Crippen MR) is 122 cm³/mol. The van der Waals surface area contributed by atoms with Crippen molar-refractivity contribution in [2.75, 3.05) is 13.6 Å². The van der Waals surface area contributed by atoms with E-state index in [-0.39, 0.29) is 17.3 Å². The molecule has 31 heavy (non-hydrogen) atoms. The molecule has 6 nitrogen and oxygen atoms in total. The summed E-state index contributed by atoms with van der Waals surface area (Å²) < 4.78 is 30.2. The zero-order valence-corrected chi connectivity index (χ0v) is 19.3. The van der Waals surface area contributed by atoms with Gasteiger partial charge in [-0.2, -0.15) is 4.31 Å². The Kier molecular flexibility index (Phi) is 5.66. The summed E-state index contributed by atoms with van der Waals surface area (Å²) in [6.07, 6.45) is 7.28. The van der Waals surface area contributed by atoms with Crippen molar-refractivity contribution in [1.82, 2.24) is 14.2 Å². The minimum Gasteiger partial charge on any atom is -0.355 e. The van der Waals surface area contributed by atoms with E-state index in [9.17, 15) is 13.2 Å². The van der Waals surface area contributed by atoms with Gasteiger partial charge in [-0.3, -0.25) is 4.79 Å². The summed E-state index contributed by atoms with van der Waals surface area (Å²) in [5, 5.41) is 2.74. The number of amides is 1. The summed E-state index contributed by atoms with van der Waals surface area (Å²) in [5.74, 6) is 0.163. The van der Waals surface area contributed by atoms with Crippen molar-refractivity contribution >= 4 is 21.5 Å². The third-order valence-electron chi connectivity index (χ3n) is 6.33. The molecule has 0 spiro atoms. The summed E-state index contributed by atoms with van der Waals surface area (Å²) in [4.78, 5) is 13.1. The highest BCUT2D eigenvalue weighted by atomic mass is 32.2. The van der Waals surface area contributed by atoms with E-state index in [2.05, 4.69) is 35.0 Å². The number of allylic oxidation sites excluding steroid dienone is 4. The number of rotatable bonds is 4. The maximum atomic E-state index is 13.3. The van der Waals surface area contributed by atoms with Gasteiger partial charge in [0.15, 0.2) is 0 Å². The Morgan fingerprint density at radius 2 is 1.84 bits per heavy atom. The molecule has 1 N–H and O–H groups in total. The van der Waals surface area contributed by atoms with Crippen LogP contribution in [0.5, 0.6) is 0 Å². The molecule has 164 valence electrons. The second-order valence-corrected chi connectivity index (χ2v) is 10.3. The van der Waals surface area contributed by atoms with E-state index in [1.54, 1.807) is 19.2 Å². The van der Waals surface area contributed by atoms with Gasteiger partial charge in [0, 0.05) is 31.5 Å². The molecule has 1 aromatic carbocycles. The van der Waals surface area contributed by atoms with Gasteiger partial charge < -0.3 is 9.88 Å². The van der Waals surface area contributed by atoms with Gasteiger partial charge in [0.1, 0.15) is 0 Å². The maximum absolute atomic E-state index is 13.3. The number of carbonyl (C=O) groups excluding carboxylic acids is 1. The number of aryl methyl sites for hydroxylation is 1. The summed E-state index contributed by atoms with van der Waals surface area (Å²) in [7, 11) is -2.04. The van der Waals surface area contributed by atoms with Crippen LogP contribution in [0.4, 0.5) is 0 Å². The van der Waals surface area contributed by atoms with Gasteiger partial charge in [0.25, 0.3) is 5.91 Å². The highest BCUT2D eigenvalue weighted by molar-refractivity contribution is 7.89. The van der Waals surface area contributed by atoms with Crippen LogP contribution in [0.15, 0.2) is 47.4 Å². The number of aromatic nitrogens is 1. The molecule has 1 atom stereocenters. The molecular weight excluding hydrogens is 410 g/mol. The van der Waals surface area contributed by atoms with Gasteiger partial charge in [-0.05, 0) is 49.5 Å². The zero-order valence-electron chi connectivity index (χ0n) is 18.5. The number of benzene rings is 1. The van der Waals surface area contributed by atoms with E-state index in [0.717, 1.165) is 28.9 Å². The van der Waals surface area contributed by atoms with Crippen molar-refractivity contribution in [2.24, 2.45) is 5.92 Å². The van der Waals surface area contributed by atoms with E-state index in [0.29, 0.717) is 24.6 Å². The predicted octanol–water partition coefficient (Wildman–Crippen LogP) is 3.65. The SMILES string of the molecule is CNC(=O)c1c(C)c(C2=CC=CCC2C)n2c1CN(S(=O)(=O)c1ccc(C)cc1)CC2. The quantitative estimate of drug-likeness (QED) is 0.791. The van der Waals surface area contributed by atoms with Crippen LogP contribution in [-0.4, -0.2) is 36.8 Å². The fraction of sp³-hybridized carbons (Fsp3) is 0.375. The lowest BCUT2D eigenvalue weighted by atomic mass is 9.89. The number of hydrogen-bond donors (Lipinski definition) is 1. The van der Waals surface area contributed by atoms with E-state index >= 15 is 0 Å². The smallest absolute Gasteiger partial charge is 0.253 e. The molecule has 1 aromatic heterocycles. The van der Waals surface area contributed by atoms with Crippen molar-refractivity contribution in [3.8, 4) is 0 Å². The molecule has 2 aromatic rings. The molecule has 0 fully saturated rings. The van der Waals surface area contributed by atoms with E-state index < -0.39 is 10.0 Å². The normalized spacial score (nSPS) is 19.1. The lowest BCUT2D eigenvalue weighted by Gasteiger charge is -2.30. The first kappa shape index (κ1) is 21.6. The Hall–Kier alpha value is -2.64. The first-order valence-corrected chi connectivity index (χ1v) is 12.1. The van der Waals surface area contributed by atoms with E-state index in [1.165, 1.54) is 9.88 Å². The average molecular weight is 440 g/mol. The molecule has 0 radical (unpaired) electrons. The van der Waals surface area contributed by atoms with Gasteiger partial charge in [0.05, 0.1) is 17.0 Å². The lowest BCUT2D eigenvalue weighted by Crippen LogP contribution is -2.39. The molecule has 0 saturated carbocycles. The van der Waals surface area contributed by atoms with Crippen molar-refractivity contribution in [1.29, 1.82) is 0 Å². The average Bonchev–Trinajstić information content (AvgIpc) is 3.05. The highest BCUT2D eigenvalue weighted by Gasteiger charge is 2.35. The van der Waals surface area contributed by atoms with Gasteiger partial charge in [-0.1, -0.05) is 42.8 Å². The van der Waals surface area contributed by atoms with Crippen LogP contribution in [0, 0.1) is 19.8 Å². The maximum Gasteiger partial charge on any atom is 0.253 e. The van der Waals surface area contributed by atoms with Gasteiger partial charge in [0.2, 0.25) is 10.0 Å². The number of nitrogens with one attached hydrogen (secondary N) is 1. The molecular formula is C24H29N3O3S. The molecule has 4 rings (SSSR count). The van der Waals surface area contributed by atoms with Crippen LogP contribution in [0.3, 0.4) is 0 Å². The zero-order chi connectivity index (χ0) is 22.3. The molecule has 1 unspecified atom stereocenters. The largest absolute Gasteiger partial charge is 0.355 e. The van der Waals surface area contributed by atoms with Crippen molar-refractivity contribution in [2.45, 2.75) is 45.2 Å². The second kappa shape index (κ2) is 8.13. The minimum absolute atomic E-state index is 0.178. The molecule has 0 saturated heterocycles. The van der Waals surface area contributed by atoms with Crippen molar-refractivity contribution < 1.29 is 13.2 Å². The Bertz CT molecular complexity index is 1190. The molecule has 7 heteroatoms. The summed E-state index contributed by atoms with van der Waals surface area (Å²) >= 11 is 0. The highest BCUT2D eigenvalue weighted by Crippen LogP contribution is 2.38. The molecule has 0 bridgehead atoms. The monoisotopic (exact) mass is 439 g/mol. The number of fused-ring (bicyclic) bond motifs is 1. The standard InChI is InChI=1S/C24H29N3O3S/c1-16-9-11-19(12-10-16)31(29,30)26-13-14-27-21(15-26)22(24(28)25-4)18(3)23(27)20-8-6-5-7-17(20)2/h5-6,8-12,17H,7,13-15H2,1-4H3,(H,25,28). The number of carbonyl (C=O) groups is 1. The molecule has 2 aliphatic rings. The summed E-state index contributed by atoms with van der Waals surface area (Å²) in [6.45, 7) is 7.15. The fourth-order valence-electron chi connectivity index (χ4n) is 4.60. The Balaban J connectivity index is 1.81. The van der Waals surface area contributed by atoms with Gasteiger partial charge >= 0.3 is 0 Å². The Morgan fingerprint density at radius 1 is 1.13 bits per heavy atom. The fourth-order valence-corrected chi connectivity index (χ4v) is 5.99. The van der Waals surface area contributed by atoms with Crippen LogP contribution in [-0.2, 0) is 23.1 Å². The first-order valence-electron chi connectivity index (χ1n) is 10.6. The van der Waals surface area contributed by atoms with Gasteiger partial charge in [-0.15, -0.1) is 0 Å². The van der Waals surface area contributed by atoms with Crippen LogP contribution < -0.4 is 5.32 Å². The third kappa shape index (κ3) is 3.66. The van der Waals surface area contributed by atoms with Crippen LogP contribution in [0.1, 0.15) is 46.2 Å². The number of sulfonamides is 1. The van der Waals surface area contributed by atoms with E-state index in [4.69, 9.17) is 0 Å². The van der Waals surface area contributed by atoms with Crippen LogP contribution in [0.2, 0.25) is 0 Å². The van der Waals surface area contributed by atoms with Crippen LogP contribution in [0.25, 0.3) is 5.57 Å². The van der Waals surface area contributed by atoms with Gasteiger partial charge in [-0.25, -0.2) is 8.42 Å². The first-order chi connectivity index (χ1) is 14.8. The van der Waals surface area contributed by atoms with E-state index in [1.807, 2.05) is 26.0 Å². The minimum atomic E-state index is -3.65. The lowest BCUT2D eigenvalue weighted by molar-refractivity contribution is 0.0960. The molecule has 1 aliphatic carbocycles. The Labute approximate surface area is 184 Å². The summed E-state index contributed by atoms with van der Waals surface area (Å²) in [6, 6.07) is 6.91. The third-order valence-corrected chi connectivity index (χ3v) is 8.19. The Morgan fingerprint density at radius 3 is 2.48 bits per heavy atom. The summed E-state index contributed by atoms with van der Waals surface area (Å²) in [5.41, 5.74) is 5.53. The number of nitrogens with zero attached hydrogens (tertiary/aromatic N) is 2. The molecule has 1 aliphatic heterocycles. The molecule has 2 heterocycles. The second-order valence-electron chi connectivity index (χ2n) is 8.36. The van der Waals surface area contributed by atoms with Crippen molar-refractivity contribution in [3.05, 3.63) is 70.6 Å². The molecule has 1 amide bonds. The van der Waals surface area contributed by atoms with Crippen molar-refractivity contribution in [3.63, 3.8) is 0 Å². The number of hydrogen-bond acceptors (Lipinski definition) is 3.